The molecule has 1 unspecified atom stereocenters. The smallest absolute Gasteiger partial charge is 0.407 e. The Morgan fingerprint density at radius 2 is 1.74 bits per heavy atom. The predicted octanol–water partition coefficient (Wildman–Crippen LogP) is 2.64. The van der Waals surface area contributed by atoms with Crippen molar-refractivity contribution in [3.63, 3.8) is 0 Å². The van der Waals surface area contributed by atoms with Crippen molar-refractivity contribution in [2.75, 3.05) is 19.6 Å². The summed E-state index contributed by atoms with van der Waals surface area (Å²) in [5.74, 6) is 0.367. The normalized spacial score (nSPS) is 13.7. The molecule has 0 bridgehead atoms. The minimum Gasteiger partial charge on any atom is -0.444 e. The van der Waals surface area contributed by atoms with Gasteiger partial charge in [0.2, 0.25) is 0 Å². The number of rotatable bonds is 7. The highest BCUT2D eigenvalue weighted by molar-refractivity contribution is 5.67. The summed E-state index contributed by atoms with van der Waals surface area (Å²) >= 11 is 0. The van der Waals surface area contributed by atoms with E-state index < -0.39 is 18.1 Å². The van der Waals surface area contributed by atoms with Crippen LogP contribution < -0.4 is 10.6 Å². The number of carbonyl (C=O) groups excluding carboxylic acids is 1. The van der Waals surface area contributed by atoms with Gasteiger partial charge in [-0.15, -0.1) is 0 Å². The molecule has 0 aliphatic heterocycles. The van der Waals surface area contributed by atoms with E-state index in [0.717, 1.165) is 0 Å². The SMILES string of the molecule is CC(C)C(CNCC(F)F)CNC(=O)OC(C)(C)C. The number of nitrogens with one attached hydrogen (secondary N) is 2. The second-order valence-electron chi connectivity index (χ2n) is 5.94. The Hall–Kier alpha value is -0.910. The summed E-state index contributed by atoms with van der Waals surface area (Å²) in [7, 11) is 0. The maximum atomic E-state index is 12.0. The third-order valence-corrected chi connectivity index (χ3v) is 2.56. The van der Waals surface area contributed by atoms with Crippen LogP contribution in [0.2, 0.25) is 0 Å². The molecule has 0 rings (SSSR count). The summed E-state index contributed by atoms with van der Waals surface area (Å²) in [5.41, 5.74) is -0.536. The molecule has 0 radical (unpaired) electrons. The van der Waals surface area contributed by atoms with Gasteiger partial charge in [-0.3, -0.25) is 0 Å². The maximum Gasteiger partial charge on any atom is 0.407 e. The molecule has 0 heterocycles. The highest BCUT2D eigenvalue weighted by atomic mass is 19.3. The van der Waals surface area contributed by atoms with Gasteiger partial charge in [0.05, 0.1) is 6.54 Å². The summed E-state index contributed by atoms with van der Waals surface area (Å²) in [6.07, 6.45) is -2.83. The minimum atomic E-state index is -2.35. The zero-order chi connectivity index (χ0) is 15.1. The molecule has 2 N–H and O–H groups in total. The Kier molecular flexibility index (Phi) is 7.90. The van der Waals surface area contributed by atoms with Gasteiger partial charge in [-0.1, -0.05) is 13.8 Å². The number of halogens is 2. The number of amides is 1. The molecule has 0 spiro atoms. The summed E-state index contributed by atoms with van der Waals surface area (Å²) in [4.78, 5) is 11.5. The first-order chi connectivity index (χ1) is 8.61. The van der Waals surface area contributed by atoms with Gasteiger partial charge in [-0.2, -0.15) is 0 Å². The first-order valence-corrected chi connectivity index (χ1v) is 6.57. The Morgan fingerprint density at radius 1 is 1.16 bits per heavy atom. The van der Waals surface area contributed by atoms with Crippen molar-refractivity contribution >= 4 is 6.09 Å². The van der Waals surface area contributed by atoms with Gasteiger partial charge in [0.25, 0.3) is 6.43 Å². The van der Waals surface area contributed by atoms with Crippen molar-refractivity contribution in [1.82, 2.24) is 10.6 Å². The number of hydrogen-bond donors (Lipinski definition) is 2. The average molecular weight is 280 g/mol. The minimum absolute atomic E-state index is 0.0891. The fourth-order valence-corrected chi connectivity index (χ4v) is 1.45. The average Bonchev–Trinajstić information content (AvgIpc) is 2.19. The molecule has 1 atom stereocenters. The van der Waals surface area contributed by atoms with E-state index in [1.807, 2.05) is 13.8 Å². The number of hydrogen-bond acceptors (Lipinski definition) is 3. The molecule has 4 nitrogen and oxygen atoms in total. The third kappa shape index (κ3) is 10.7. The summed E-state index contributed by atoms with van der Waals surface area (Å²) < 4.78 is 29.2. The van der Waals surface area contributed by atoms with E-state index in [1.54, 1.807) is 20.8 Å². The highest BCUT2D eigenvalue weighted by Gasteiger charge is 2.19. The van der Waals surface area contributed by atoms with Crippen molar-refractivity contribution in [3.8, 4) is 0 Å². The van der Waals surface area contributed by atoms with Gasteiger partial charge >= 0.3 is 6.09 Å². The van der Waals surface area contributed by atoms with Crippen molar-refractivity contribution in [3.05, 3.63) is 0 Å². The fraction of sp³-hybridized carbons (Fsp3) is 0.923. The predicted molar refractivity (Wildman–Crippen MR) is 71.4 cm³/mol. The van der Waals surface area contributed by atoms with Crippen LogP contribution in [0, 0.1) is 11.8 Å². The molecule has 0 saturated heterocycles. The van der Waals surface area contributed by atoms with Gasteiger partial charge in [0.15, 0.2) is 0 Å². The molecule has 0 fully saturated rings. The molecular formula is C13H26F2N2O2. The molecule has 0 aliphatic carbocycles. The lowest BCUT2D eigenvalue weighted by atomic mass is 9.96. The molecule has 114 valence electrons. The third-order valence-electron chi connectivity index (χ3n) is 2.56. The summed E-state index contributed by atoms with van der Waals surface area (Å²) in [6, 6.07) is 0. The number of alkyl carbamates (subject to hydrolysis) is 1. The van der Waals surface area contributed by atoms with Gasteiger partial charge in [0.1, 0.15) is 5.60 Å². The molecule has 1 amide bonds. The van der Waals surface area contributed by atoms with Crippen molar-refractivity contribution < 1.29 is 18.3 Å². The lowest BCUT2D eigenvalue weighted by molar-refractivity contribution is 0.0513. The summed E-state index contributed by atoms with van der Waals surface area (Å²) in [6.45, 7) is 9.87. The molecule has 0 saturated carbocycles. The van der Waals surface area contributed by atoms with E-state index in [1.165, 1.54) is 0 Å². The molecule has 19 heavy (non-hydrogen) atoms. The Morgan fingerprint density at radius 3 is 2.16 bits per heavy atom. The van der Waals surface area contributed by atoms with E-state index in [9.17, 15) is 13.6 Å². The van der Waals surface area contributed by atoms with Crippen LogP contribution >= 0.6 is 0 Å². The van der Waals surface area contributed by atoms with Gasteiger partial charge in [0, 0.05) is 13.1 Å². The standard InChI is InChI=1S/C13H26F2N2O2/c1-9(2)10(6-16-8-11(14)15)7-17-12(18)19-13(3,4)5/h9-11,16H,6-8H2,1-5H3,(H,17,18). The highest BCUT2D eigenvalue weighted by Crippen LogP contribution is 2.10. The van der Waals surface area contributed by atoms with E-state index in [-0.39, 0.29) is 18.4 Å². The zero-order valence-corrected chi connectivity index (χ0v) is 12.4. The quantitative estimate of drug-likeness (QED) is 0.753. The zero-order valence-electron chi connectivity index (χ0n) is 12.4. The summed E-state index contributed by atoms with van der Waals surface area (Å²) in [5, 5.41) is 5.37. The molecular weight excluding hydrogens is 254 g/mol. The molecule has 6 heteroatoms. The molecule has 0 aromatic carbocycles. The van der Waals surface area contributed by atoms with Gasteiger partial charge < -0.3 is 15.4 Å². The van der Waals surface area contributed by atoms with Crippen LogP contribution in [0.5, 0.6) is 0 Å². The van der Waals surface area contributed by atoms with Crippen LogP contribution in [0.1, 0.15) is 34.6 Å². The monoisotopic (exact) mass is 280 g/mol. The van der Waals surface area contributed by atoms with Crippen LogP contribution in [0.4, 0.5) is 13.6 Å². The topological polar surface area (TPSA) is 50.4 Å². The van der Waals surface area contributed by atoms with E-state index >= 15 is 0 Å². The van der Waals surface area contributed by atoms with Gasteiger partial charge in [-0.25, -0.2) is 13.6 Å². The van der Waals surface area contributed by atoms with Crippen molar-refractivity contribution in [2.24, 2.45) is 11.8 Å². The molecule has 0 aliphatic rings. The maximum absolute atomic E-state index is 12.0. The number of carbonyl (C=O) groups is 1. The van der Waals surface area contributed by atoms with Crippen LogP contribution in [0.3, 0.4) is 0 Å². The number of ether oxygens (including phenoxy) is 1. The fourth-order valence-electron chi connectivity index (χ4n) is 1.45. The van der Waals surface area contributed by atoms with Gasteiger partial charge in [-0.05, 0) is 32.6 Å². The van der Waals surface area contributed by atoms with E-state index in [4.69, 9.17) is 4.74 Å². The lowest BCUT2D eigenvalue weighted by Gasteiger charge is -2.24. The van der Waals surface area contributed by atoms with Crippen molar-refractivity contribution in [1.29, 1.82) is 0 Å². The van der Waals surface area contributed by atoms with Crippen LogP contribution in [-0.4, -0.2) is 37.8 Å². The van der Waals surface area contributed by atoms with Crippen molar-refractivity contribution in [2.45, 2.75) is 46.6 Å². The largest absolute Gasteiger partial charge is 0.444 e. The van der Waals surface area contributed by atoms with Crippen LogP contribution in [0.15, 0.2) is 0 Å². The van der Waals surface area contributed by atoms with Crippen LogP contribution in [0.25, 0.3) is 0 Å². The van der Waals surface area contributed by atoms with E-state index in [0.29, 0.717) is 13.1 Å². The Labute approximate surface area is 114 Å². The first-order valence-electron chi connectivity index (χ1n) is 6.57. The molecule has 0 aromatic rings. The Balaban J connectivity index is 4.04. The first kappa shape index (κ1) is 18.1. The van der Waals surface area contributed by atoms with E-state index in [2.05, 4.69) is 10.6 Å². The Bertz CT molecular complexity index is 266. The van der Waals surface area contributed by atoms with Crippen LogP contribution in [-0.2, 0) is 4.74 Å². The second-order valence-corrected chi connectivity index (χ2v) is 5.94. The number of alkyl halides is 2. The lowest BCUT2D eigenvalue weighted by Crippen LogP contribution is -2.40. The molecule has 0 aromatic heterocycles. The second kappa shape index (κ2) is 8.30.